The highest BCUT2D eigenvalue weighted by Gasteiger charge is 2.50. The Hall–Kier alpha value is -0.866. The molecule has 0 fully saturated rings. The number of hydrogen-bond donors (Lipinski definition) is 0. The SMILES string of the molecule is CC1=[C]C(C)([Si](C)(CC(C)C)c2cc(C)cc([Si](C)(C)C)c2)C(C)=C1C. The van der Waals surface area contributed by atoms with Gasteiger partial charge in [0.1, 0.15) is 0 Å². The molecule has 0 spiro atoms. The summed E-state index contributed by atoms with van der Waals surface area (Å²) >= 11 is 0. The van der Waals surface area contributed by atoms with E-state index in [0.717, 1.165) is 0 Å². The Bertz CT molecular complexity index is 761. The summed E-state index contributed by atoms with van der Waals surface area (Å²) in [6.45, 7) is 26.5. The maximum atomic E-state index is 3.97. The van der Waals surface area contributed by atoms with Crippen LogP contribution in [0.1, 0.15) is 47.1 Å². The molecule has 0 aliphatic heterocycles. The molecule has 0 saturated heterocycles. The lowest BCUT2D eigenvalue weighted by Gasteiger charge is -2.45. The van der Waals surface area contributed by atoms with Crippen LogP contribution in [0.4, 0.5) is 0 Å². The maximum Gasteiger partial charge on any atom is 0.0987 e. The Morgan fingerprint density at radius 3 is 1.88 bits per heavy atom. The fourth-order valence-electron chi connectivity index (χ4n) is 4.73. The van der Waals surface area contributed by atoms with E-state index in [1.807, 2.05) is 0 Å². The van der Waals surface area contributed by atoms with Crippen molar-refractivity contribution in [1.82, 2.24) is 0 Å². The molecule has 0 bridgehead atoms. The van der Waals surface area contributed by atoms with Gasteiger partial charge in [-0.25, -0.2) is 0 Å². The summed E-state index contributed by atoms with van der Waals surface area (Å²) in [5.41, 5.74) is 5.82. The van der Waals surface area contributed by atoms with Gasteiger partial charge in [0.2, 0.25) is 0 Å². The standard InChI is InChI=1S/C24H39Si2/c1-17(2)16-26(11,24(7)15-19(4)20(5)21(24)6)23-13-18(3)12-22(14-23)25(8,9)10/h12-14,17H,16H2,1-11H3. The predicted molar refractivity (Wildman–Crippen MR) is 124 cm³/mol. The maximum absolute atomic E-state index is 3.97. The first-order chi connectivity index (χ1) is 11.7. The number of allylic oxidation sites excluding steroid dienone is 4. The van der Waals surface area contributed by atoms with Crippen LogP contribution >= 0.6 is 0 Å². The molecule has 0 N–H and O–H groups in total. The van der Waals surface area contributed by atoms with E-state index in [-0.39, 0.29) is 5.04 Å². The highest BCUT2D eigenvalue weighted by Crippen LogP contribution is 2.54. The van der Waals surface area contributed by atoms with E-state index >= 15 is 0 Å². The van der Waals surface area contributed by atoms with Gasteiger partial charge in [-0.15, -0.1) is 0 Å². The van der Waals surface area contributed by atoms with Crippen molar-refractivity contribution in [2.75, 3.05) is 0 Å². The van der Waals surface area contributed by atoms with Gasteiger partial charge in [-0.3, -0.25) is 0 Å². The van der Waals surface area contributed by atoms with Crippen LogP contribution in [0, 0.1) is 18.9 Å². The first-order valence-corrected chi connectivity index (χ1v) is 16.4. The third kappa shape index (κ3) is 3.60. The first-order valence-electron chi connectivity index (χ1n) is 10.1. The Morgan fingerprint density at radius 2 is 1.46 bits per heavy atom. The number of rotatable bonds is 5. The van der Waals surface area contributed by atoms with Crippen LogP contribution in [0.25, 0.3) is 0 Å². The van der Waals surface area contributed by atoms with Crippen LogP contribution in [0.3, 0.4) is 0 Å². The van der Waals surface area contributed by atoms with Crippen molar-refractivity contribution in [3.8, 4) is 0 Å². The Kier molecular flexibility index (Phi) is 5.72. The molecule has 1 radical (unpaired) electrons. The summed E-state index contributed by atoms with van der Waals surface area (Å²) in [6, 6.07) is 8.84. The van der Waals surface area contributed by atoms with Crippen LogP contribution in [0.15, 0.2) is 34.9 Å². The van der Waals surface area contributed by atoms with E-state index in [1.54, 1.807) is 15.9 Å². The minimum atomic E-state index is -1.84. The van der Waals surface area contributed by atoms with E-state index in [0.29, 0.717) is 5.92 Å². The Balaban J connectivity index is 2.76. The largest absolute Gasteiger partial charge is 0.0987 e. The minimum Gasteiger partial charge on any atom is -0.0656 e. The van der Waals surface area contributed by atoms with Crippen LogP contribution < -0.4 is 10.4 Å². The van der Waals surface area contributed by atoms with Crippen molar-refractivity contribution in [2.45, 2.75) is 85.7 Å². The lowest BCUT2D eigenvalue weighted by atomic mass is 10.0. The molecule has 0 nitrogen and oxygen atoms in total. The molecule has 26 heavy (non-hydrogen) atoms. The second kappa shape index (κ2) is 6.94. The van der Waals surface area contributed by atoms with Gasteiger partial charge in [0.25, 0.3) is 0 Å². The molecular formula is C24H39Si2. The molecule has 1 aromatic rings. The van der Waals surface area contributed by atoms with Crippen molar-refractivity contribution in [3.63, 3.8) is 0 Å². The smallest absolute Gasteiger partial charge is 0.0656 e. The van der Waals surface area contributed by atoms with E-state index in [4.69, 9.17) is 0 Å². The van der Waals surface area contributed by atoms with Crippen molar-refractivity contribution in [3.05, 3.63) is 46.6 Å². The molecule has 2 atom stereocenters. The molecule has 0 aromatic heterocycles. The van der Waals surface area contributed by atoms with Gasteiger partial charge < -0.3 is 0 Å². The third-order valence-electron chi connectivity index (χ3n) is 6.81. The van der Waals surface area contributed by atoms with Crippen molar-refractivity contribution < 1.29 is 0 Å². The van der Waals surface area contributed by atoms with E-state index in [2.05, 4.69) is 98.9 Å². The third-order valence-corrected chi connectivity index (χ3v) is 14.7. The van der Waals surface area contributed by atoms with Gasteiger partial charge in [0.05, 0.1) is 16.1 Å². The molecule has 2 heteroatoms. The Morgan fingerprint density at radius 1 is 0.923 bits per heavy atom. The van der Waals surface area contributed by atoms with Crippen molar-refractivity contribution >= 4 is 26.5 Å². The molecule has 1 aliphatic rings. The number of aryl methyl sites for hydroxylation is 1. The van der Waals surface area contributed by atoms with E-state index < -0.39 is 16.1 Å². The van der Waals surface area contributed by atoms with Crippen molar-refractivity contribution in [1.29, 1.82) is 0 Å². The van der Waals surface area contributed by atoms with Gasteiger partial charge in [-0.2, -0.15) is 0 Å². The zero-order chi connectivity index (χ0) is 20.1. The molecule has 2 unspecified atom stereocenters. The summed E-state index contributed by atoms with van der Waals surface area (Å²) in [4.78, 5) is 0. The van der Waals surface area contributed by atoms with Crippen molar-refractivity contribution in [2.24, 2.45) is 5.92 Å². The van der Waals surface area contributed by atoms with Crippen LogP contribution in [0.5, 0.6) is 0 Å². The topological polar surface area (TPSA) is 0 Å². The summed E-state index contributed by atoms with van der Waals surface area (Å²) in [5, 5.41) is 3.34. The summed E-state index contributed by atoms with van der Waals surface area (Å²) in [5.74, 6) is 0.704. The predicted octanol–water partition coefficient (Wildman–Crippen LogP) is 6.34. The average Bonchev–Trinajstić information content (AvgIpc) is 2.69. The molecular weight excluding hydrogens is 344 g/mol. The van der Waals surface area contributed by atoms with Gasteiger partial charge in [0, 0.05) is 5.04 Å². The summed E-state index contributed by atoms with van der Waals surface area (Å²) in [7, 11) is -3.17. The molecule has 0 saturated carbocycles. The highest BCUT2D eigenvalue weighted by molar-refractivity contribution is 6.95. The molecule has 0 amide bonds. The van der Waals surface area contributed by atoms with Crippen LogP contribution in [0.2, 0.25) is 37.3 Å². The zero-order valence-corrected chi connectivity index (χ0v) is 21.0. The monoisotopic (exact) mass is 383 g/mol. The average molecular weight is 384 g/mol. The van der Waals surface area contributed by atoms with E-state index in [9.17, 15) is 0 Å². The van der Waals surface area contributed by atoms with E-state index in [1.165, 1.54) is 22.8 Å². The van der Waals surface area contributed by atoms with Gasteiger partial charge >= 0.3 is 0 Å². The molecule has 1 aliphatic carbocycles. The normalized spacial score (nSPS) is 23.5. The molecule has 2 rings (SSSR count). The molecule has 143 valence electrons. The van der Waals surface area contributed by atoms with Gasteiger partial charge in [-0.1, -0.05) is 92.7 Å². The number of benzene rings is 1. The summed E-state index contributed by atoms with van der Waals surface area (Å²) < 4.78 is 0. The fourth-order valence-corrected chi connectivity index (χ4v) is 11.5. The minimum absolute atomic E-state index is 0.0932. The quantitative estimate of drug-likeness (QED) is 0.520. The highest BCUT2D eigenvalue weighted by atomic mass is 28.3. The lowest BCUT2D eigenvalue weighted by molar-refractivity contribution is 0.696. The zero-order valence-electron chi connectivity index (χ0n) is 19.0. The van der Waals surface area contributed by atoms with Gasteiger partial charge in [0.15, 0.2) is 0 Å². The number of hydrogen-bond acceptors (Lipinski definition) is 0. The summed E-state index contributed by atoms with van der Waals surface area (Å²) in [6.07, 6.45) is 3.97. The fraction of sp³-hybridized carbons (Fsp3) is 0.583. The second-order valence-electron chi connectivity index (χ2n) is 10.4. The Labute approximate surface area is 164 Å². The lowest BCUT2D eigenvalue weighted by Crippen LogP contribution is -2.56. The van der Waals surface area contributed by atoms with Crippen LogP contribution in [-0.4, -0.2) is 16.1 Å². The molecule has 0 heterocycles. The van der Waals surface area contributed by atoms with Crippen LogP contribution in [-0.2, 0) is 0 Å². The molecule has 1 aromatic carbocycles. The second-order valence-corrected chi connectivity index (χ2v) is 20.1. The first kappa shape index (κ1) is 21.4. The van der Waals surface area contributed by atoms with Gasteiger partial charge in [-0.05, 0) is 50.8 Å².